The van der Waals surface area contributed by atoms with Crippen molar-refractivity contribution in [3.8, 4) is 0 Å². The number of nitrogens with zero attached hydrogens (tertiary/aromatic N) is 1. The molecule has 2 N–H and O–H groups in total. The topological polar surface area (TPSA) is 63.4 Å². The number of sulfonamides is 1. The molecule has 0 bridgehead atoms. The van der Waals surface area contributed by atoms with Gasteiger partial charge in [-0.1, -0.05) is 26.8 Å². The zero-order valence-corrected chi connectivity index (χ0v) is 11.4. The first-order valence-corrected chi connectivity index (χ1v) is 7.19. The molecule has 5 heteroatoms. The predicted molar refractivity (Wildman–Crippen MR) is 68.7 cm³/mol. The maximum atomic E-state index is 11.9. The Kier molecular flexibility index (Phi) is 6.22. The monoisotopic (exact) mass is 248 g/mol. The molecule has 0 aromatic rings. The van der Waals surface area contributed by atoms with E-state index >= 15 is 0 Å². The number of hydrogen-bond acceptors (Lipinski definition) is 3. The molecule has 0 saturated carbocycles. The second-order valence-corrected chi connectivity index (χ2v) is 6.78. The molecule has 0 rings (SSSR count). The summed E-state index contributed by atoms with van der Waals surface area (Å²) in [6, 6.07) is 0. The predicted octanol–water partition coefficient (Wildman–Crippen LogP) is 1.20. The first-order valence-electron chi connectivity index (χ1n) is 5.58. The van der Waals surface area contributed by atoms with Crippen LogP contribution >= 0.6 is 0 Å². The molecule has 0 aliphatic heterocycles. The van der Waals surface area contributed by atoms with Crippen molar-refractivity contribution in [1.82, 2.24) is 4.31 Å². The van der Waals surface area contributed by atoms with Crippen molar-refractivity contribution < 1.29 is 8.42 Å². The van der Waals surface area contributed by atoms with E-state index in [-0.39, 0.29) is 11.2 Å². The van der Waals surface area contributed by atoms with E-state index in [1.165, 1.54) is 10.4 Å². The van der Waals surface area contributed by atoms with Crippen molar-refractivity contribution in [3.63, 3.8) is 0 Å². The third kappa shape index (κ3) is 5.09. The molecule has 0 amide bonds. The van der Waals surface area contributed by atoms with Gasteiger partial charge in [0.15, 0.2) is 0 Å². The molecule has 0 aromatic heterocycles. The van der Waals surface area contributed by atoms with Gasteiger partial charge in [0.1, 0.15) is 0 Å². The van der Waals surface area contributed by atoms with E-state index in [2.05, 4.69) is 6.58 Å². The summed E-state index contributed by atoms with van der Waals surface area (Å²) in [5, 5.41) is 0. The van der Waals surface area contributed by atoms with Crippen molar-refractivity contribution in [2.24, 2.45) is 11.1 Å². The molecule has 0 aliphatic carbocycles. The van der Waals surface area contributed by atoms with Crippen LogP contribution in [0.5, 0.6) is 0 Å². The Labute approximate surface area is 99.6 Å². The number of hydrogen-bond donors (Lipinski definition) is 1. The highest BCUT2D eigenvalue weighted by Crippen LogP contribution is 2.17. The van der Waals surface area contributed by atoms with E-state index in [1.54, 1.807) is 0 Å². The molecule has 0 radical (unpaired) electrons. The van der Waals surface area contributed by atoms with Crippen LogP contribution < -0.4 is 5.73 Å². The van der Waals surface area contributed by atoms with Crippen LogP contribution in [0, 0.1) is 5.41 Å². The normalized spacial score (nSPS) is 13.1. The Morgan fingerprint density at radius 1 is 1.44 bits per heavy atom. The summed E-state index contributed by atoms with van der Waals surface area (Å²) in [5.41, 5.74) is 5.44. The van der Waals surface area contributed by atoms with Gasteiger partial charge in [0, 0.05) is 13.1 Å². The molecular formula is C11H24N2O2S. The lowest BCUT2D eigenvalue weighted by molar-refractivity contribution is 0.267. The lowest BCUT2D eigenvalue weighted by atomic mass is 9.94. The average Bonchev–Trinajstić information content (AvgIpc) is 2.17. The summed E-state index contributed by atoms with van der Waals surface area (Å²) in [7, 11) is -3.22. The highest BCUT2D eigenvalue weighted by molar-refractivity contribution is 7.89. The van der Waals surface area contributed by atoms with Crippen LogP contribution in [-0.2, 0) is 10.0 Å². The Morgan fingerprint density at radius 2 is 2.00 bits per heavy atom. The minimum absolute atomic E-state index is 0.00630. The van der Waals surface area contributed by atoms with Crippen LogP contribution in [0.4, 0.5) is 0 Å². The zero-order valence-electron chi connectivity index (χ0n) is 10.6. The molecule has 96 valence electrons. The molecule has 0 unspecified atom stereocenters. The molecule has 0 atom stereocenters. The molecule has 0 spiro atoms. The maximum absolute atomic E-state index is 11.9. The van der Waals surface area contributed by atoms with E-state index in [1.807, 2.05) is 20.8 Å². The van der Waals surface area contributed by atoms with Gasteiger partial charge >= 0.3 is 0 Å². The van der Waals surface area contributed by atoms with E-state index in [0.29, 0.717) is 19.6 Å². The van der Waals surface area contributed by atoms with Crippen LogP contribution in [0.1, 0.15) is 27.2 Å². The number of nitrogens with two attached hydrogens (primary N) is 1. The summed E-state index contributed by atoms with van der Waals surface area (Å²) in [4.78, 5) is 0. The van der Waals surface area contributed by atoms with Crippen molar-refractivity contribution in [3.05, 3.63) is 12.7 Å². The van der Waals surface area contributed by atoms with Gasteiger partial charge in [-0.2, -0.15) is 0 Å². The minimum Gasteiger partial charge on any atom is -0.330 e. The van der Waals surface area contributed by atoms with Crippen LogP contribution in [0.2, 0.25) is 0 Å². The Hall–Kier alpha value is -0.390. The number of rotatable bonds is 8. The molecule has 16 heavy (non-hydrogen) atoms. The minimum atomic E-state index is -3.22. The molecule has 4 nitrogen and oxygen atoms in total. The summed E-state index contributed by atoms with van der Waals surface area (Å²) in [6.07, 6.45) is 2.23. The van der Waals surface area contributed by atoms with E-state index in [0.717, 1.165) is 6.42 Å². The van der Waals surface area contributed by atoms with Gasteiger partial charge < -0.3 is 5.73 Å². The second-order valence-electron chi connectivity index (χ2n) is 4.77. The lowest BCUT2D eigenvalue weighted by Gasteiger charge is -2.30. The third-order valence-corrected chi connectivity index (χ3v) is 4.11. The summed E-state index contributed by atoms with van der Waals surface area (Å²) >= 11 is 0. The van der Waals surface area contributed by atoms with Crippen molar-refractivity contribution in [1.29, 1.82) is 0 Å². The standard InChI is InChI=1S/C11H24N2O2S/c1-5-7-13(10-11(3,4)9-12)16(14,15)8-6-2/h6H,2,5,7-10,12H2,1,3-4H3. The quantitative estimate of drug-likeness (QED) is 0.656. The lowest BCUT2D eigenvalue weighted by Crippen LogP contribution is -2.43. The van der Waals surface area contributed by atoms with Crippen molar-refractivity contribution in [2.75, 3.05) is 25.4 Å². The van der Waals surface area contributed by atoms with Gasteiger partial charge in [0.25, 0.3) is 0 Å². The van der Waals surface area contributed by atoms with E-state index in [9.17, 15) is 8.42 Å². The Morgan fingerprint density at radius 3 is 2.38 bits per heavy atom. The van der Waals surface area contributed by atoms with Crippen LogP contribution in [0.25, 0.3) is 0 Å². The summed E-state index contributed by atoms with van der Waals surface area (Å²) in [5.74, 6) is -0.00630. The molecule has 0 aliphatic rings. The largest absolute Gasteiger partial charge is 0.330 e. The Bertz CT molecular complexity index is 310. The van der Waals surface area contributed by atoms with Gasteiger partial charge in [-0.3, -0.25) is 0 Å². The maximum Gasteiger partial charge on any atom is 0.217 e. The summed E-state index contributed by atoms with van der Waals surface area (Å²) < 4.78 is 25.4. The molecular weight excluding hydrogens is 224 g/mol. The molecule has 0 aromatic carbocycles. The second kappa shape index (κ2) is 6.37. The van der Waals surface area contributed by atoms with Gasteiger partial charge in [0.2, 0.25) is 10.0 Å². The fourth-order valence-corrected chi connectivity index (χ4v) is 2.88. The molecule has 0 heterocycles. The summed E-state index contributed by atoms with van der Waals surface area (Å²) in [6.45, 7) is 10.9. The van der Waals surface area contributed by atoms with Gasteiger partial charge in [-0.15, -0.1) is 6.58 Å². The van der Waals surface area contributed by atoms with E-state index in [4.69, 9.17) is 5.73 Å². The van der Waals surface area contributed by atoms with Crippen molar-refractivity contribution in [2.45, 2.75) is 27.2 Å². The SMILES string of the molecule is C=CCS(=O)(=O)N(CCC)CC(C)(C)CN. The smallest absolute Gasteiger partial charge is 0.217 e. The molecule has 0 fully saturated rings. The van der Waals surface area contributed by atoms with Gasteiger partial charge in [-0.25, -0.2) is 12.7 Å². The van der Waals surface area contributed by atoms with E-state index < -0.39 is 10.0 Å². The Balaban J connectivity index is 4.81. The fourth-order valence-electron chi connectivity index (χ4n) is 1.36. The van der Waals surface area contributed by atoms with Gasteiger partial charge in [-0.05, 0) is 18.4 Å². The highest BCUT2D eigenvalue weighted by atomic mass is 32.2. The fraction of sp³-hybridized carbons (Fsp3) is 0.818. The average molecular weight is 248 g/mol. The van der Waals surface area contributed by atoms with Crippen LogP contribution in [-0.4, -0.2) is 38.1 Å². The highest BCUT2D eigenvalue weighted by Gasteiger charge is 2.27. The van der Waals surface area contributed by atoms with Crippen molar-refractivity contribution >= 4 is 10.0 Å². The molecule has 0 saturated heterocycles. The third-order valence-electron chi connectivity index (χ3n) is 2.35. The first-order chi connectivity index (χ1) is 7.29. The van der Waals surface area contributed by atoms with Gasteiger partial charge in [0.05, 0.1) is 5.75 Å². The first kappa shape index (κ1) is 15.6. The van der Waals surface area contributed by atoms with Crippen LogP contribution in [0.3, 0.4) is 0 Å². The van der Waals surface area contributed by atoms with Crippen LogP contribution in [0.15, 0.2) is 12.7 Å². The zero-order chi connectivity index (χ0) is 12.8.